The fourth-order valence-electron chi connectivity index (χ4n) is 3.95. The molecule has 3 rings (SSSR count). The van der Waals surface area contributed by atoms with Gasteiger partial charge in [0.1, 0.15) is 0 Å². The van der Waals surface area contributed by atoms with E-state index in [1.165, 1.54) is 0 Å². The number of aliphatic hydroxyl groups excluding tert-OH is 1. The van der Waals surface area contributed by atoms with Gasteiger partial charge < -0.3 is 10.4 Å². The quantitative estimate of drug-likeness (QED) is 0.894. The van der Waals surface area contributed by atoms with Crippen LogP contribution in [-0.2, 0) is 11.2 Å². The zero-order valence-electron chi connectivity index (χ0n) is 12.9. The van der Waals surface area contributed by atoms with Crippen LogP contribution in [0.5, 0.6) is 0 Å². The summed E-state index contributed by atoms with van der Waals surface area (Å²) in [5, 5.41) is 13.4. The van der Waals surface area contributed by atoms with Crippen LogP contribution in [0.25, 0.3) is 0 Å². The smallest absolute Gasteiger partial charge is 0.226 e. The first-order valence-corrected chi connectivity index (χ1v) is 8.09. The molecular formula is C18H25NO2. The lowest BCUT2D eigenvalue weighted by Gasteiger charge is -2.42. The van der Waals surface area contributed by atoms with Gasteiger partial charge in [0, 0.05) is 11.8 Å². The summed E-state index contributed by atoms with van der Waals surface area (Å²) in [6, 6.07) is 7.79. The molecule has 2 unspecified atom stereocenters. The Balaban J connectivity index is 1.76. The maximum Gasteiger partial charge on any atom is 0.226 e. The monoisotopic (exact) mass is 287 g/mol. The number of nitrogens with one attached hydrogen (secondary N) is 1. The standard InChI is InChI=1S/C18H25NO2/c1-12(2)11-18(8-5-9-18)17(21)19-16-14-7-4-3-6-13(14)10-15(16)20/h3-4,6-7,12,15-16,20H,5,8-11H2,1-2H3,(H,19,21). The topological polar surface area (TPSA) is 49.3 Å². The molecule has 1 saturated carbocycles. The molecule has 0 saturated heterocycles. The molecule has 0 aromatic heterocycles. The van der Waals surface area contributed by atoms with E-state index >= 15 is 0 Å². The molecule has 2 atom stereocenters. The van der Waals surface area contributed by atoms with Gasteiger partial charge in [0.25, 0.3) is 0 Å². The van der Waals surface area contributed by atoms with Crippen molar-refractivity contribution in [2.45, 2.75) is 58.1 Å². The summed E-state index contributed by atoms with van der Waals surface area (Å²) in [5.74, 6) is 0.667. The molecule has 3 heteroatoms. The van der Waals surface area contributed by atoms with Crippen LogP contribution < -0.4 is 5.32 Å². The first-order chi connectivity index (χ1) is 10.0. The van der Waals surface area contributed by atoms with Gasteiger partial charge in [-0.05, 0) is 36.3 Å². The lowest BCUT2D eigenvalue weighted by molar-refractivity contribution is -0.139. The largest absolute Gasteiger partial charge is 0.390 e. The summed E-state index contributed by atoms with van der Waals surface area (Å²) in [6.45, 7) is 4.35. The van der Waals surface area contributed by atoms with Crippen molar-refractivity contribution in [3.8, 4) is 0 Å². The average Bonchev–Trinajstić information content (AvgIpc) is 2.70. The fraction of sp³-hybridized carbons (Fsp3) is 0.611. The third-order valence-corrected chi connectivity index (χ3v) is 5.08. The fourth-order valence-corrected chi connectivity index (χ4v) is 3.95. The first-order valence-electron chi connectivity index (χ1n) is 8.09. The van der Waals surface area contributed by atoms with E-state index in [2.05, 4.69) is 19.2 Å². The number of carbonyl (C=O) groups excluding carboxylic acids is 1. The van der Waals surface area contributed by atoms with Crippen molar-refractivity contribution in [2.75, 3.05) is 0 Å². The van der Waals surface area contributed by atoms with E-state index in [0.29, 0.717) is 12.3 Å². The van der Waals surface area contributed by atoms with E-state index in [4.69, 9.17) is 0 Å². The van der Waals surface area contributed by atoms with Crippen LogP contribution in [0.3, 0.4) is 0 Å². The zero-order chi connectivity index (χ0) is 15.0. The van der Waals surface area contributed by atoms with Gasteiger partial charge in [0.2, 0.25) is 5.91 Å². The van der Waals surface area contributed by atoms with E-state index < -0.39 is 6.10 Å². The highest BCUT2D eigenvalue weighted by Crippen LogP contribution is 2.47. The number of fused-ring (bicyclic) bond motifs is 1. The van der Waals surface area contributed by atoms with Crippen molar-refractivity contribution in [3.63, 3.8) is 0 Å². The molecule has 2 N–H and O–H groups in total. The minimum Gasteiger partial charge on any atom is -0.390 e. The maximum absolute atomic E-state index is 12.8. The molecule has 0 bridgehead atoms. The Morgan fingerprint density at radius 3 is 2.71 bits per heavy atom. The Kier molecular flexibility index (Phi) is 3.78. The van der Waals surface area contributed by atoms with Crippen LogP contribution >= 0.6 is 0 Å². The zero-order valence-corrected chi connectivity index (χ0v) is 12.9. The molecule has 0 heterocycles. The lowest BCUT2D eigenvalue weighted by Crippen LogP contribution is -2.48. The summed E-state index contributed by atoms with van der Waals surface area (Å²) in [6.07, 6.45) is 4.21. The second-order valence-corrected chi connectivity index (χ2v) is 7.15. The number of amides is 1. The molecule has 21 heavy (non-hydrogen) atoms. The van der Waals surface area contributed by atoms with Crippen LogP contribution in [0.15, 0.2) is 24.3 Å². The van der Waals surface area contributed by atoms with Crippen LogP contribution in [0.1, 0.15) is 56.7 Å². The van der Waals surface area contributed by atoms with E-state index in [9.17, 15) is 9.90 Å². The molecule has 1 aromatic carbocycles. The van der Waals surface area contributed by atoms with Gasteiger partial charge in [-0.15, -0.1) is 0 Å². The number of aliphatic hydroxyl groups is 1. The van der Waals surface area contributed by atoms with Crippen LogP contribution in [0, 0.1) is 11.3 Å². The molecule has 0 radical (unpaired) electrons. The molecule has 2 aliphatic rings. The summed E-state index contributed by atoms with van der Waals surface area (Å²) in [5.41, 5.74) is 2.05. The minimum atomic E-state index is -0.498. The lowest BCUT2D eigenvalue weighted by atomic mass is 9.64. The summed E-state index contributed by atoms with van der Waals surface area (Å²) in [4.78, 5) is 12.8. The molecule has 1 aromatic rings. The summed E-state index contributed by atoms with van der Waals surface area (Å²) in [7, 11) is 0. The summed E-state index contributed by atoms with van der Waals surface area (Å²) >= 11 is 0. The van der Waals surface area contributed by atoms with Crippen LogP contribution in [0.2, 0.25) is 0 Å². The maximum atomic E-state index is 12.8. The molecule has 1 fully saturated rings. The highest BCUT2D eigenvalue weighted by atomic mass is 16.3. The number of hydrogen-bond acceptors (Lipinski definition) is 2. The number of hydrogen-bond donors (Lipinski definition) is 2. The Labute approximate surface area is 126 Å². The van der Waals surface area contributed by atoms with Crippen molar-refractivity contribution in [3.05, 3.63) is 35.4 Å². The number of carbonyl (C=O) groups is 1. The number of benzene rings is 1. The predicted octanol–water partition coefficient (Wildman–Crippen LogP) is 2.98. The molecule has 3 nitrogen and oxygen atoms in total. The van der Waals surface area contributed by atoms with Crippen molar-refractivity contribution in [1.82, 2.24) is 5.32 Å². The van der Waals surface area contributed by atoms with Gasteiger partial charge in [-0.3, -0.25) is 4.79 Å². The minimum absolute atomic E-state index is 0.142. The molecule has 114 valence electrons. The third kappa shape index (κ3) is 2.59. The Morgan fingerprint density at radius 1 is 1.38 bits per heavy atom. The van der Waals surface area contributed by atoms with Gasteiger partial charge in [-0.25, -0.2) is 0 Å². The van der Waals surface area contributed by atoms with Crippen molar-refractivity contribution >= 4 is 5.91 Å². The van der Waals surface area contributed by atoms with Crippen molar-refractivity contribution in [2.24, 2.45) is 11.3 Å². The van der Waals surface area contributed by atoms with E-state index in [-0.39, 0.29) is 17.4 Å². The molecule has 0 spiro atoms. The second kappa shape index (κ2) is 5.45. The molecule has 0 aliphatic heterocycles. The summed E-state index contributed by atoms with van der Waals surface area (Å²) < 4.78 is 0. The molecule has 2 aliphatic carbocycles. The highest BCUT2D eigenvalue weighted by Gasteiger charge is 2.46. The Hall–Kier alpha value is -1.35. The predicted molar refractivity (Wildman–Crippen MR) is 82.8 cm³/mol. The second-order valence-electron chi connectivity index (χ2n) is 7.15. The van der Waals surface area contributed by atoms with E-state index in [1.807, 2.05) is 24.3 Å². The van der Waals surface area contributed by atoms with Crippen LogP contribution in [-0.4, -0.2) is 17.1 Å². The molecule has 1 amide bonds. The van der Waals surface area contributed by atoms with Gasteiger partial charge in [-0.1, -0.05) is 44.5 Å². The van der Waals surface area contributed by atoms with Gasteiger partial charge >= 0.3 is 0 Å². The Morgan fingerprint density at radius 2 is 2.10 bits per heavy atom. The normalized spacial score (nSPS) is 26.3. The molecular weight excluding hydrogens is 262 g/mol. The van der Waals surface area contributed by atoms with Gasteiger partial charge in [0.05, 0.1) is 12.1 Å². The van der Waals surface area contributed by atoms with Gasteiger partial charge in [-0.2, -0.15) is 0 Å². The Bertz CT molecular complexity index is 534. The number of rotatable bonds is 4. The van der Waals surface area contributed by atoms with Gasteiger partial charge in [0.15, 0.2) is 0 Å². The highest BCUT2D eigenvalue weighted by molar-refractivity contribution is 5.84. The SMILES string of the molecule is CC(C)CC1(C(=O)NC2c3ccccc3CC2O)CCC1. The van der Waals surface area contributed by atoms with Crippen molar-refractivity contribution < 1.29 is 9.90 Å². The van der Waals surface area contributed by atoms with Crippen molar-refractivity contribution in [1.29, 1.82) is 0 Å². The third-order valence-electron chi connectivity index (χ3n) is 5.08. The first kappa shape index (κ1) is 14.6. The van der Waals surface area contributed by atoms with E-state index in [1.54, 1.807) is 0 Å². The van der Waals surface area contributed by atoms with Crippen LogP contribution in [0.4, 0.5) is 0 Å². The average molecular weight is 287 g/mol. The van der Waals surface area contributed by atoms with E-state index in [0.717, 1.165) is 36.8 Å².